The maximum Gasteiger partial charge on any atom is 0.227 e. The topological polar surface area (TPSA) is 82.0 Å². The fourth-order valence-electron chi connectivity index (χ4n) is 3.11. The molecule has 4 nitrogen and oxygen atoms in total. The van der Waals surface area contributed by atoms with E-state index < -0.39 is 35.7 Å². The summed E-state index contributed by atoms with van der Waals surface area (Å²) in [5.41, 5.74) is 13.5. The third-order valence-corrected chi connectivity index (χ3v) is 4.37. The predicted molar refractivity (Wildman–Crippen MR) is 95.9 cm³/mol. The number of hydrogen-bond acceptors (Lipinski definition) is 3. The van der Waals surface area contributed by atoms with Gasteiger partial charge in [-0.15, -0.1) is 0 Å². The minimum absolute atomic E-state index is 0.153. The third-order valence-electron chi connectivity index (χ3n) is 4.37. The van der Waals surface area contributed by atoms with E-state index in [0.717, 1.165) is 6.07 Å². The number of hydrogen-bond donors (Lipinski definition) is 2. The average molecular weight is 373 g/mol. The van der Waals surface area contributed by atoms with Crippen LogP contribution in [-0.4, -0.2) is 17.1 Å². The van der Waals surface area contributed by atoms with Crippen LogP contribution in [-0.2, 0) is 11.2 Å². The highest BCUT2D eigenvalue weighted by Crippen LogP contribution is 2.30. The van der Waals surface area contributed by atoms with Crippen molar-refractivity contribution in [3.05, 3.63) is 83.2 Å². The molecule has 1 amide bonds. The van der Waals surface area contributed by atoms with Gasteiger partial charge in [-0.25, -0.2) is 13.2 Å². The number of halogens is 3. The number of primary amides is 1. The Balaban J connectivity index is 1.93. The first-order valence-corrected chi connectivity index (χ1v) is 8.34. The van der Waals surface area contributed by atoms with E-state index in [1.54, 1.807) is 24.4 Å². The van der Waals surface area contributed by atoms with E-state index in [-0.39, 0.29) is 6.42 Å². The molecule has 1 aliphatic carbocycles. The summed E-state index contributed by atoms with van der Waals surface area (Å²) < 4.78 is 40.7. The molecule has 0 spiro atoms. The standard InChI is InChI=1S/C20H18F3N3O/c21-13-6-11(7-14(22)10-13)8-18(24)19-15(2-1-5-26-19)12-3-4-17(23)16(9-12)20(25)27/h1-7,9-10,16-18H,8,24H2,(H2,25,27). The van der Waals surface area contributed by atoms with Gasteiger partial charge in [-0.2, -0.15) is 0 Å². The number of benzene rings is 1. The van der Waals surface area contributed by atoms with Gasteiger partial charge in [-0.1, -0.05) is 18.2 Å². The lowest BCUT2D eigenvalue weighted by molar-refractivity contribution is -0.121. The van der Waals surface area contributed by atoms with Crippen LogP contribution in [0.25, 0.3) is 5.57 Å². The molecule has 7 heteroatoms. The molecule has 0 aliphatic heterocycles. The van der Waals surface area contributed by atoms with Crippen molar-refractivity contribution in [3.63, 3.8) is 0 Å². The Kier molecular flexibility index (Phi) is 5.41. The van der Waals surface area contributed by atoms with Gasteiger partial charge in [0.05, 0.1) is 17.7 Å². The number of pyridine rings is 1. The zero-order chi connectivity index (χ0) is 19.6. The Morgan fingerprint density at radius 3 is 2.59 bits per heavy atom. The van der Waals surface area contributed by atoms with Crippen LogP contribution in [0.1, 0.15) is 22.9 Å². The summed E-state index contributed by atoms with van der Waals surface area (Å²) in [6.07, 6.45) is 4.45. The molecule has 0 saturated heterocycles. The first kappa shape index (κ1) is 18.8. The maximum atomic E-state index is 13.9. The van der Waals surface area contributed by atoms with E-state index in [0.29, 0.717) is 22.4 Å². The van der Waals surface area contributed by atoms with E-state index in [1.807, 2.05) is 0 Å². The smallest absolute Gasteiger partial charge is 0.227 e. The Morgan fingerprint density at radius 1 is 1.22 bits per heavy atom. The summed E-state index contributed by atoms with van der Waals surface area (Å²) in [7, 11) is 0. The third kappa shape index (κ3) is 4.25. The highest BCUT2D eigenvalue weighted by molar-refractivity contribution is 5.86. The number of nitrogens with two attached hydrogens (primary N) is 2. The first-order valence-electron chi connectivity index (χ1n) is 8.34. The molecule has 140 valence electrons. The molecule has 3 atom stereocenters. The number of alkyl halides is 1. The van der Waals surface area contributed by atoms with E-state index in [1.165, 1.54) is 24.3 Å². The molecular weight excluding hydrogens is 355 g/mol. The van der Waals surface area contributed by atoms with Gasteiger partial charge in [0.1, 0.15) is 17.8 Å². The summed E-state index contributed by atoms with van der Waals surface area (Å²) in [6, 6.07) is 5.97. The van der Waals surface area contributed by atoms with Crippen molar-refractivity contribution in [1.29, 1.82) is 0 Å². The second-order valence-corrected chi connectivity index (χ2v) is 6.38. The van der Waals surface area contributed by atoms with Crippen LogP contribution in [0.5, 0.6) is 0 Å². The molecule has 1 aliphatic rings. The van der Waals surface area contributed by atoms with Crippen molar-refractivity contribution >= 4 is 11.5 Å². The van der Waals surface area contributed by atoms with E-state index >= 15 is 0 Å². The van der Waals surface area contributed by atoms with Gasteiger partial charge in [0.25, 0.3) is 0 Å². The second-order valence-electron chi connectivity index (χ2n) is 6.38. The van der Waals surface area contributed by atoms with Crippen LogP contribution >= 0.6 is 0 Å². The number of allylic oxidation sites excluding steroid dienone is 3. The van der Waals surface area contributed by atoms with Crippen LogP contribution in [0.4, 0.5) is 13.2 Å². The van der Waals surface area contributed by atoms with Crippen LogP contribution in [0.3, 0.4) is 0 Å². The lowest BCUT2D eigenvalue weighted by atomic mass is 9.88. The van der Waals surface area contributed by atoms with Crippen molar-refractivity contribution in [2.75, 3.05) is 0 Å². The number of amides is 1. The van der Waals surface area contributed by atoms with Gasteiger partial charge < -0.3 is 11.5 Å². The van der Waals surface area contributed by atoms with Crippen LogP contribution in [0.2, 0.25) is 0 Å². The lowest BCUT2D eigenvalue weighted by Gasteiger charge is -2.21. The van der Waals surface area contributed by atoms with Gasteiger partial charge >= 0.3 is 0 Å². The summed E-state index contributed by atoms with van der Waals surface area (Å²) in [5, 5.41) is 0. The Hall–Kier alpha value is -2.93. The van der Waals surface area contributed by atoms with E-state index in [4.69, 9.17) is 11.5 Å². The first-order chi connectivity index (χ1) is 12.8. The number of nitrogens with zero attached hydrogens (tertiary/aromatic N) is 1. The van der Waals surface area contributed by atoms with Crippen molar-refractivity contribution < 1.29 is 18.0 Å². The largest absolute Gasteiger partial charge is 0.369 e. The Bertz CT molecular complexity index is 906. The Morgan fingerprint density at radius 2 is 1.93 bits per heavy atom. The number of carbonyl (C=O) groups is 1. The monoisotopic (exact) mass is 373 g/mol. The zero-order valence-electron chi connectivity index (χ0n) is 14.3. The maximum absolute atomic E-state index is 13.9. The van der Waals surface area contributed by atoms with E-state index in [2.05, 4.69) is 4.98 Å². The van der Waals surface area contributed by atoms with Gasteiger partial charge in [0, 0.05) is 17.8 Å². The molecule has 0 bridgehead atoms. The minimum Gasteiger partial charge on any atom is -0.369 e. The summed E-state index contributed by atoms with van der Waals surface area (Å²) >= 11 is 0. The molecule has 1 aromatic heterocycles. The van der Waals surface area contributed by atoms with Gasteiger partial charge in [-0.3, -0.25) is 9.78 Å². The molecule has 0 fully saturated rings. The number of aromatic nitrogens is 1. The van der Waals surface area contributed by atoms with Gasteiger partial charge in [-0.05, 0) is 41.8 Å². The molecule has 0 saturated carbocycles. The fraction of sp³-hybridized carbons (Fsp3) is 0.200. The van der Waals surface area contributed by atoms with Crippen LogP contribution < -0.4 is 11.5 Å². The SMILES string of the molecule is NC(=O)C1C=C(c2cccnc2C(N)Cc2cc(F)cc(F)c2)C=CC1F. The van der Waals surface area contributed by atoms with Gasteiger partial charge in [0.2, 0.25) is 5.91 Å². The van der Waals surface area contributed by atoms with Crippen molar-refractivity contribution in [2.24, 2.45) is 17.4 Å². The normalized spacial score (nSPS) is 20.2. The zero-order valence-corrected chi connectivity index (χ0v) is 14.3. The van der Waals surface area contributed by atoms with Crippen molar-refractivity contribution in [1.82, 2.24) is 4.98 Å². The highest BCUT2D eigenvalue weighted by Gasteiger charge is 2.27. The second kappa shape index (κ2) is 7.75. The number of carbonyl (C=O) groups excluding carboxylic acids is 1. The minimum atomic E-state index is -1.49. The molecule has 1 aromatic carbocycles. The van der Waals surface area contributed by atoms with Crippen LogP contribution in [0, 0.1) is 17.6 Å². The summed E-state index contributed by atoms with van der Waals surface area (Å²) in [4.78, 5) is 15.7. The molecule has 27 heavy (non-hydrogen) atoms. The van der Waals surface area contributed by atoms with Crippen molar-refractivity contribution in [3.8, 4) is 0 Å². The molecule has 1 heterocycles. The Labute approximate surface area is 154 Å². The highest BCUT2D eigenvalue weighted by atomic mass is 19.1. The number of rotatable bonds is 5. The molecule has 2 aromatic rings. The van der Waals surface area contributed by atoms with Gasteiger partial charge in [0.15, 0.2) is 0 Å². The molecule has 3 rings (SSSR count). The molecule has 0 radical (unpaired) electrons. The average Bonchev–Trinajstić information content (AvgIpc) is 2.61. The van der Waals surface area contributed by atoms with E-state index in [9.17, 15) is 18.0 Å². The quantitative estimate of drug-likeness (QED) is 0.845. The molecule has 4 N–H and O–H groups in total. The summed E-state index contributed by atoms with van der Waals surface area (Å²) in [5.74, 6) is -3.22. The fourth-order valence-corrected chi connectivity index (χ4v) is 3.11. The molecule has 3 unspecified atom stereocenters. The molecular formula is C20H18F3N3O. The lowest BCUT2D eigenvalue weighted by Crippen LogP contribution is -2.30. The van der Waals surface area contributed by atoms with Crippen molar-refractivity contribution in [2.45, 2.75) is 18.6 Å². The van der Waals surface area contributed by atoms with Crippen LogP contribution in [0.15, 0.2) is 54.8 Å². The predicted octanol–water partition coefficient (Wildman–Crippen LogP) is 3.00. The summed E-state index contributed by atoms with van der Waals surface area (Å²) in [6.45, 7) is 0.